The first-order valence-electron chi connectivity index (χ1n) is 8.05. The van der Waals surface area contributed by atoms with Gasteiger partial charge in [0.25, 0.3) is 5.91 Å². The lowest BCUT2D eigenvalue weighted by Gasteiger charge is -2.32. The van der Waals surface area contributed by atoms with E-state index in [9.17, 15) is 4.79 Å². The van der Waals surface area contributed by atoms with Crippen molar-refractivity contribution in [1.82, 2.24) is 29.9 Å². The minimum absolute atomic E-state index is 0.0327. The summed E-state index contributed by atoms with van der Waals surface area (Å²) < 4.78 is 1.63. The number of aromatic nitrogens is 5. The maximum atomic E-state index is 13.1. The molecule has 1 aliphatic heterocycles. The summed E-state index contributed by atoms with van der Waals surface area (Å²) in [6.45, 7) is 1.47. The number of nitrogens with zero attached hydrogens (tertiary/aromatic N) is 5. The molecule has 0 aliphatic carbocycles. The molecule has 0 radical (unpaired) electrons. The predicted octanol–water partition coefficient (Wildman–Crippen LogP) is 2.01. The van der Waals surface area contributed by atoms with E-state index < -0.39 is 0 Å². The van der Waals surface area contributed by atoms with Gasteiger partial charge in [-0.2, -0.15) is 10.2 Å². The molecule has 0 saturated carbocycles. The van der Waals surface area contributed by atoms with Crippen molar-refractivity contribution >= 4 is 5.91 Å². The van der Waals surface area contributed by atoms with Crippen molar-refractivity contribution in [2.24, 2.45) is 0 Å². The highest BCUT2D eigenvalue weighted by molar-refractivity contribution is 5.97. The van der Waals surface area contributed by atoms with Gasteiger partial charge in [-0.25, -0.2) is 9.67 Å². The molecule has 7 nitrogen and oxygen atoms in total. The molecule has 1 N–H and O–H groups in total. The lowest BCUT2D eigenvalue weighted by molar-refractivity contribution is 0.0705. The normalized spacial score (nSPS) is 17.8. The van der Waals surface area contributed by atoms with Gasteiger partial charge in [0.05, 0.1) is 11.3 Å². The van der Waals surface area contributed by atoms with E-state index in [1.165, 1.54) is 6.33 Å². The van der Waals surface area contributed by atoms with Crippen LogP contribution in [0.4, 0.5) is 0 Å². The Kier molecular flexibility index (Phi) is 3.82. The monoisotopic (exact) mass is 322 g/mol. The minimum Gasteiger partial charge on any atom is -0.338 e. The Bertz CT molecular complexity index is 811. The molecule has 1 saturated heterocycles. The van der Waals surface area contributed by atoms with Gasteiger partial charge in [0.2, 0.25) is 0 Å². The SMILES string of the molecule is O=C(c1ccccc1-n1cncn1)N1CCC[C@@H](c2ccn[nH]2)C1. The number of carbonyl (C=O) groups is 1. The van der Waals surface area contributed by atoms with Gasteiger partial charge < -0.3 is 4.90 Å². The van der Waals surface area contributed by atoms with Gasteiger partial charge in [-0.1, -0.05) is 12.1 Å². The maximum Gasteiger partial charge on any atom is 0.256 e. The van der Waals surface area contributed by atoms with Crippen LogP contribution < -0.4 is 0 Å². The third-order valence-electron chi connectivity index (χ3n) is 4.47. The number of rotatable bonds is 3. The summed E-state index contributed by atoms with van der Waals surface area (Å²) >= 11 is 0. The van der Waals surface area contributed by atoms with Gasteiger partial charge in [-0.05, 0) is 31.0 Å². The van der Waals surface area contributed by atoms with E-state index in [0.717, 1.165) is 30.8 Å². The topological polar surface area (TPSA) is 79.7 Å². The number of carbonyl (C=O) groups excluding carboxylic acids is 1. The molecule has 4 rings (SSSR count). The zero-order valence-corrected chi connectivity index (χ0v) is 13.2. The summed E-state index contributed by atoms with van der Waals surface area (Å²) in [4.78, 5) is 19.0. The molecule has 1 aromatic carbocycles. The van der Waals surface area contributed by atoms with E-state index in [1.807, 2.05) is 35.2 Å². The zero-order valence-electron chi connectivity index (χ0n) is 13.2. The third kappa shape index (κ3) is 2.68. The molecular weight excluding hydrogens is 304 g/mol. The largest absolute Gasteiger partial charge is 0.338 e. The van der Waals surface area contributed by atoms with Crippen LogP contribution in [0, 0.1) is 0 Å². The average Bonchev–Trinajstić information content (AvgIpc) is 3.35. The number of benzene rings is 1. The molecule has 1 fully saturated rings. The van der Waals surface area contributed by atoms with E-state index in [-0.39, 0.29) is 5.91 Å². The number of aromatic amines is 1. The van der Waals surface area contributed by atoms with Crippen LogP contribution in [-0.2, 0) is 0 Å². The van der Waals surface area contributed by atoms with E-state index in [1.54, 1.807) is 17.2 Å². The molecule has 1 atom stereocenters. The highest BCUT2D eigenvalue weighted by Crippen LogP contribution is 2.27. The zero-order chi connectivity index (χ0) is 16.4. The first-order chi connectivity index (χ1) is 11.8. The average molecular weight is 322 g/mol. The van der Waals surface area contributed by atoms with Gasteiger partial charge in [0, 0.05) is 30.9 Å². The van der Waals surface area contributed by atoms with Gasteiger partial charge in [0.15, 0.2) is 0 Å². The summed E-state index contributed by atoms with van der Waals surface area (Å²) in [5, 5.41) is 11.2. The molecule has 24 heavy (non-hydrogen) atoms. The van der Waals surface area contributed by atoms with Crippen LogP contribution in [-0.4, -0.2) is 48.9 Å². The van der Waals surface area contributed by atoms with E-state index in [4.69, 9.17) is 0 Å². The number of piperidine rings is 1. The van der Waals surface area contributed by atoms with E-state index in [2.05, 4.69) is 20.3 Å². The molecule has 3 heterocycles. The maximum absolute atomic E-state index is 13.1. The van der Waals surface area contributed by atoms with Gasteiger partial charge >= 0.3 is 0 Å². The van der Waals surface area contributed by atoms with Gasteiger partial charge in [0.1, 0.15) is 12.7 Å². The minimum atomic E-state index is 0.0327. The molecule has 2 aromatic heterocycles. The number of hydrogen-bond donors (Lipinski definition) is 1. The van der Waals surface area contributed by atoms with Crippen LogP contribution in [0.1, 0.15) is 34.8 Å². The van der Waals surface area contributed by atoms with Crippen LogP contribution in [0.25, 0.3) is 5.69 Å². The lowest BCUT2D eigenvalue weighted by atomic mass is 9.94. The molecule has 0 bridgehead atoms. The molecule has 0 unspecified atom stereocenters. The van der Waals surface area contributed by atoms with Crippen molar-refractivity contribution in [1.29, 1.82) is 0 Å². The third-order valence-corrected chi connectivity index (χ3v) is 4.47. The molecule has 122 valence electrons. The van der Waals surface area contributed by atoms with Crippen LogP contribution in [0.3, 0.4) is 0 Å². The van der Waals surface area contributed by atoms with Crippen molar-refractivity contribution < 1.29 is 4.79 Å². The standard InChI is InChI=1S/C17H18N6O/c24-17(14-5-1-2-6-16(14)23-12-18-11-20-23)22-9-3-4-13(10-22)15-7-8-19-21-15/h1-2,5-8,11-13H,3-4,9-10H2,(H,19,21)/t13-/m1/s1. The number of para-hydroxylation sites is 1. The number of H-pyrrole nitrogens is 1. The van der Waals surface area contributed by atoms with Gasteiger partial charge in [-0.3, -0.25) is 9.89 Å². The second-order valence-electron chi connectivity index (χ2n) is 5.96. The predicted molar refractivity (Wildman–Crippen MR) is 87.8 cm³/mol. The van der Waals surface area contributed by atoms with Crippen molar-refractivity contribution in [3.8, 4) is 5.69 Å². The fraction of sp³-hybridized carbons (Fsp3) is 0.294. The number of likely N-dealkylation sites (tertiary alicyclic amines) is 1. The van der Waals surface area contributed by atoms with Crippen molar-refractivity contribution in [2.75, 3.05) is 13.1 Å². The van der Waals surface area contributed by atoms with Crippen LogP contribution in [0.15, 0.2) is 49.2 Å². The number of amides is 1. The summed E-state index contributed by atoms with van der Waals surface area (Å²) in [6.07, 6.45) is 6.89. The van der Waals surface area contributed by atoms with Crippen molar-refractivity contribution in [3.63, 3.8) is 0 Å². The summed E-state index contributed by atoms with van der Waals surface area (Å²) in [6, 6.07) is 9.50. The molecular formula is C17H18N6O. The number of nitrogens with one attached hydrogen (secondary N) is 1. The summed E-state index contributed by atoms with van der Waals surface area (Å²) in [5.41, 5.74) is 2.49. The Labute approximate surface area is 139 Å². The first kappa shape index (κ1) is 14.6. The lowest BCUT2D eigenvalue weighted by Crippen LogP contribution is -2.39. The van der Waals surface area contributed by atoms with E-state index in [0.29, 0.717) is 18.0 Å². The van der Waals surface area contributed by atoms with Crippen LogP contribution in [0.5, 0.6) is 0 Å². The number of hydrogen-bond acceptors (Lipinski definition) is 4. The molecule has 7 heteroatoms. The Hall–Kier alpha value is -2.96. The Morgan fingerprint density at radius 2 is 2.17 bits per heavy atom. The summed E-state index contributed by atoms with van der Waals surface area (Å²) in [5.74, 6) is 0.342. The second-order valence-corrected chi connectivity index (χ2v) is 5.96. The first-order valence-corrected chi connectivity index (χ1v) is 8.05. The Morgan fingerprint density at radius 3 is 2.96 bits per heavy atom. The van der Waals surface area contributed by atoms with E-state index >= 15 is 0 Å². The fourth-order valence-electron chi connectivity index (χ4n) is 3.27. The highest BCUT2D eigenvalue weighted by atomic mass is 16.2. The van der Waals surface area contributed by atoms with Crippen molar-refractivity contribution in [3.05, 3.63) is 60.4 Å². The molecule has 3 aromatic rings. The molecule has 1 amide bonds. The van der Waals surface area contributed by atoms with Crippen molar-refractivity contribution in [2.45, 2.75) is 18.8 Å². The molecule has 1 aliphatic rings. The highest BCUT2D eigenvalue weighted by Gasteiger charge is 2.27. The quantitative estimate of drug-likeness (QED) is 0.800. The summed E-state index contributed by atoms with van der Waals surface area (Å²) in [7, 11) is 0. The van der Waals surface area contributed by atoms with Crippen LogP contribution in [0.2, 0.25) is 0 Å². The Morgan fingerprint density at radius 1 is 1.25 bits per heavy atom. The Balaban J connectivity index is 1.60. The van der Waals surface area contributed by atoms with Gasteiger partial charge in [-0.15, -0.1) is 0 Å². The smallest absolute Gasteiger partial charge is 0.256 e. The fourth-order valence-corrected chi connectivity index (χ4v) is 3.27. The van der Waals surface area contributed by atoms with Crippen LogP contribution >= 0.6 is 0 Å². The second kappa shape index (κ2) is 6.27. The molecule has 0 spiro atoms.